The predicted octanol–water partition coefficient (Wildman–Crippen LogP) is 5.21. The Morgan fingerprint density at radius 3 is 2.63 bits per heavy atom. The molecule has 2 aromatic carbocycles. The van der Waals surface area contributed by atoms with Crippen LogP contribution in [-0.2, 0) is 16.0 Å². The molecule has 2 aromatic heterocycles. The molecule has 1 saturated carbocycles. The summed E-state index contributed by atoms with van der Waals surface area (Å²) in [6, 6.07) is 13.9. The van der Waals surface area contributed by atoms with Gasteiger partial charge in [0.15, 0.2) is 6.19 Å². The third kappa shape index (κ3) is 5.25. The maximum atomic E-state index is 13.3. The minimum absolute atomic E-state index is 0.244. The molecule has 2 heterocycles. The van der Waals surface area contributed by atoms with Crippen molar-refractivity contribution < 1.29 is 18.7 Å². The number of hydrogen-bond acceptors (Lipinski definition) is 7. The summed E-state index contributed by atoms with van der Waals surface area (Å²) in [6.07, 6.45) is 11.2. The van der Waals surface area contributed by atoms with E-state index in [1.54, 1.807) is 48.9 Å². The highest BCUT2D eigenvalue weighted by molar-refractivity contribution is 5.99. The number of esters is 1. The van der Waals surface area contributed by atoms with Crippen molar-refractivity contribution in [2.45, 2.75) is 50.6 Å². The lowest BCUT2D eigenvalue weighted by Gasteiger charge is -2.25. The second-order valence-corrected chi connectivity index (χ2v) is 9.50. The zero-order valence-corrected chi connectivity index (χ0v) is 21.1. The van der Waals surface area contributed by atoms with E-state index in [1.807, 2.05) is 18.3 Å². The normalized spacial score (nSPS) is 14.5. The van der Waals surface area contributed by atoms with Gasteiger partial charge in [-0.3, -0.25) is 10.1 Å². The van der Waals surface area contributed by atoms with Gasteiger partial charge in [-0.25, -0.2) is 9.78 Å². The first kappa shape index (κ1) is 25.1. The number of nitriles is 1. The van der Waals surface area contributed by atoms with Crippen LogP contribution < -0.4 is 10.6 Å². The molecule has 0 unspecified atom stereocenters. The number of nitrogens with one attached hydrogen (secondary N) is 2. The third-order valence-electron chi connectivity index (χ3n) is 7.06. The van der Waals surface area contributed by atoms with Crippen molar-refractivity contribution in [3.05, 3.63) is 72.2 Å². The molecule has 9 heteroatoms. The summed E-state index contributed by atoms with van der Waals surface area (Å²) in [7, 11) is 1.29. The quantitative estimate of drug-likeness (QED) is 0.189. The van der Waals surface area contributed by atoms with Crippen LogP contribution in [0.1, 0.15) is 54.1 Å². The largest absolute Gasteiger partial charge is 0.472 e. The van der Waals surface area contributed by atoms with Crippen molar-refractivity contribution >= 4 is 28.6 Å². The minimum Gasteiger partial charge on any atom is -0.472 e. The Morgan fingerprint density at radius 1 is 1.16 bits per heavy atom. The second-order valence-electron chi connectivity index (χ2n) is 9.50. The molecule has 1 fully saturated rings. The first-order chi connectivity index (χ1) is 18.6. The van der Waals surface area contributed by atoms with Gasteiger partial charge in [-0.05, 0) is 54.8 Å². The van der Waals surface area contributed by atoms with Gasteiger partial charge in [0, 0.05) is 23.7 Å². The molecule has 0 bridgehead atoms. The van der Waals surface area contributed by atoms with E-state index in [9.17, 15) is 9.59 Å². The zero-order chi connectivity index (χ0) is 26.5. The van der Waals surface area contributed by atoms with Gasteiger partial charge in [-0.1, -0.05) is 31.4 Å². The molecule has 38 heavy (non-hydrogen) atoms. The summed E-state index contributed by atoms with van der Waals surface area (Å²) in [5, 5.41) is 14.1. The van der Waals surface area contributed by atoms with Gasteiger partial charge in [-0.15, -0.1) is 0 Å². The molecule has 194 valence electrons. The Balaban J connectivity index is 1.41. The molecule has 0 saturated heterocycles. The number of benzene rings is 2. The van der Waals surface area contributed by atoms with Crippen molar-refractivity contribution in [3.8, 4) is 17.6 Å². The monoisotopic (exact) mass is 511 g/mol. The van der Waals surface area contributed by atoms with E-state index in [-0.39, 0.29) is 12.3 Å². The smallest absolute Gasteiger partial charge is 0.328 e. The second kappa shape index (κ2) is 11.2. The highest BCUT2D eigenvalue weighted by Crippen LogP contribution is 2.36. The SMILES string of the molecule is COC(=O)[C@H](Cc1ccc(NC#N)cc1)NC(=O)c1ccc2c(c1)nc(-c1ccoc1)n2C1CCCCC1. The zero-order valence-electron chi connectivity index (χ0n) is 21.1. The molecule has 1 atom stereocenters. The van der Waals surface area contributed by atoms with Crippen LogP contribution in [0.4, 0.5) is 5.69 Å². The number of imidazole rings is 1. The number of methoxy groups -OCH3 is 1. The average Bonchev–Trinajstić information content (AvgIpc) is 3.61. The van der Waals surface area contributed by atoms with E-state index in [0.29, 0.717) is 17.3 Å². The van der Waals surface area contributed by atoms with Crippen LogP contribution in [0.15, 0.2) is 65.5 Å². The molecule has 5 rings (SSSR count). The molecule has 1 amide bonds. The maximum absolute atomic E-state index is 13.3. The molecule has 1 aliphatic rings. The van der Waals surface area contributed by atoms with Crippen LogP contribution in [0.25, 0.3) is 22.4 Å². The number of hydrogen-bond donors (Lipinski definition) is 2. The standard InChI is InChI=1S/C29H29N5O4/c1-37-29(36)25(15-19-7-10-22(11-8-19)31-18-30)33-28(35)20-9-12-26-24(16-20)32-27(21-13-14-38-17-21)34(26)23-5-3-2-4-6-23/h7-14,16-17,23,25,31H,2-6,15H2,1H3,(H,33,35)/t25-/m0/s1. The molecule has 0 aliphatic heterocycles. The van der Waals surface area contributed by atoms with E-state index < -0.39 is 12.0 Å². The topological polar surface area (TPSA) is 122 Å². The number of rotatable bonds is 8. The minimum atomic E-state index is -0.876. The van der Waals surface area contributed by atoms with Crippen LogP contribution in [0.5, 0.6) is 0 Å². The summed E-state index contributed by atoms with van der Waals surface area (Å²) in [4.78, 5) is 30.7. The van der Waals surface area contributed by atoms with Gasteiger partial charge in [-0.2, -0.15) is 5.26 Å². The molecule has 0 spiro atoms. The van der Waals surface area contributed by atoms with Gasteiger partial charge in [0.05, 0.1) is 30.0 Å². The van der Waals surface area contributed by atoms with Gasteiger partial charge < -0.3 is 19.0 Å². The summed E-state index contributed by atoms with van der Waals surface area (Å²) in [5.41, 5.74) is 4.46. The fourth-order valence-corrected chi connectivity index (χ4v) is 5.15. The Kier molecular flexibility index (Phi) is 7.40. The van der Waals surface area contributed by atoms with Crippen molar-refractivity contribution in [3.63, 3.8) is 0 Å². The van der Waals surface area contributed by atoms with E-state index in [1.165, 1.54) is 26.4 Å². The van der Waals surface area contributed by atoms with Crippen LogP contribution >= 0.6 is 0 Å². The van der Waals surface area contributed by atoms with Crippen LogP contribution in [-0.4, -0.2) is 34.6 Å². The van der Waals surface area contributed by atoms with Crippen LogP contribution in [0.2, 0.25) is 0 Å². The molecule has 0 radical (unpaired) electrons. The van der Waals surface area contributed by atoms with Gasteiger partial charge in [0.1, 0.15) is 18.1 Å². The van der Waals surface area contributed by atoms with Crippen LogP contribution in [0, 0.1) is 11.5 Å². The first-order valence-corrected chi connectivity index (χ1v) is 12.7. The molecule has 9 nitrogen and oxygen atoms in total. The number of carbonyl (C=O) groups excluding carboxylic acids is 2. The Morgan fingerprint density at radius 2 is 1.95 bits per heavy atom. The number of ether oxygens (including phenoxy) is 1. The van der Waals surface area contributed by atoms with Gasteiger partial charge in [0.2, 0.25) is 0 Å². The lowest BCUT2D eigenvalue weighted by molar-refractivity contribution is -0.142. The summed E-state index contributed by atoms with van der Waals surface area (Å²) >= 11 is 0. The first-order valence-electron chi connectivity index (χ1n) is 12.7. The molecule has 2 N–H and O–H groups in total. The predicted molar refractivity (Wildman–Crippen MR) is 142 cm³/mol. The number of carbonyl (C=O) groups is 2. The van der Waals surface area contributed by atoms with E-state index >= 15 is 0 Å². The van der Waals surface area contributed by atoms with Crippen molar-refractivity contribution in [1.82, 2.24) is 14.9 Å². The fourth-order valence-electron chi connectivity index (χ4n) is 5.15. The van der Waals surface area contributed by atoms with Gasteiger partial charge >= 0.3 is 5.97 Å². The fraction of sp³-hybridized carbons (Fsp3) is 0.310. The lowest BCUT2D eigenvalue weighted by Crippen LogP contribution is -2.43. The lowest BCUT2D eigenvalue weighted by atomic mass is 9.95. The summed E-state index contributed by atoms with van der Waals surface area (Å²) in [5.74, 6) is -0.0930. The number of aromatic nitrogens is 2. The molecular formula is C29H29N5O4. The van der Waals surface area contributed by atoms with Crippen molar-refractivity contribution in [2.75, 3.05) is 12.4 Å². The van der Waals surface area contributed by atoms with Crippen LogP contribution in [0.3, 0.4) is 0 Å². The number of anilines is 1. The molecular weight excluding hydrogens is 482 g/mol. The maximum Gasteiger partial charge on any atom is 0.328 e. The van der Waals surface area contributed by atoms with Crippen molar-refractivity contribution in [1.29, 1.82) is 5.26 Å². The Bertz CT molecular complexity index is 1460. The Hall–Kier alpha value is -4.58. The van der Waals surface area contributed by atoms with E-state index in [0.717, 1.165) is 40.8 Å². The van der Waals surface area contributed by atoms with E-state index in [2.05, 4.69) is 15.2 Å². The number of furan rings is 1. The number of amides is 1. The highest BCUT2D eigenvalue weighted by atomic mass is 16.5. The third-order valence-corrected chi connectivity index (χ3v) is 7.06. The number of fused-ring (bicyclic) bond motifs is 1. The summed E-state index contributed by atoms with van der Waals surface area (Å²) in [6.45, 7) is 0. The Labute approximate surface area is 220 Å². The highest BCUT2D eigenvalue weighted by Gasteiger charge is 2.25. The van der Waals surface area contributed by atoms with Gasteiger partial charge in [0.25, 0.3) is 5.91 Å². The van der Waals surface area contributed by atoms with E-state index in [4.69, 9.17) is 19.4 Å². The molecule has 4 aromatic rings. The average molecular weight is 512 g/mol. The summed E-state index contributed by atoms with van der Waals surface area (Å²) < 4.78 is 12.6. The van der Waals surface area contributed by atoms with Crippen molar-refractivity contribution in [2.24, 2.45) is 0 Å². The molecule has 1 aliphatic carbocycles. The number of nitrogens with zero attached hydrogens (tertiary/aromatic N) is 3.